The van der Waals surface area contributed by atoms with E-state index in [1.54, 1.807) is 6.20 Å². The maximum atomic E-state index is 6.16. The molecule has 0 aliphatic rings. The molecule has 0 amide bonds. The van der Waals surface area contributed by atoms with Crippen molar-refractivity contribution in [3.63, 3.8) is 0 Å². The van der Waals surface area contributed by atoms with Gasteiger partial charge in [0.05, 0.1) is 0 Å². The van der Waals surface area contributed by atoms with Crippen molar-refractivity contribution in [2.45, 2.75) is 33.1 Å². The van der Waals surface area contributed by atoms with Gasteiger partial charge in [0, 0.05) is 36.3 Å². The fourth-order valence-corrected chi connectivity index (χ4v) is 1.97. The molecule has 20 heavy (non-hydrogen) atoms. The minimum atomic E-state index is 0.254. The Morgan fingerprint density at radius 1 is 1.25 bits per heavy atom. The van der Waals surface area contributed by atoms with Crippen molar-refractivity contribution in [3.8, 4) is 0 Å². The highest BCUT2D eigenvalue weighted by molar-refractivity contribution is 6.30. The van der Waals surface area contributed by atoms with Crippen molar-refractivity contribution in [2.24, 2.45) is 0 Å². The first-order valence-electron chi connectivity index (χ1n) is 6.75. The zero-order valence-corrected chi connectivity index (χ0v) is 12.8. The molecule has 0 bridgehead atoms. The lowest BCUT2D eigenvalue weighted by atomic mass is 10.2. The molecule has 0 aliphatic heterocycles. The van der Waals surface area contributed by atoms with Gasteiger partial charge in [0.15, 0.2) is 0 Å². The van der Waals surface area contributed by atoms with Crippen LogP contribution >= 0.6 is 11.6 Å². The summed E-state index contributed by atoms with van der Waals surface area (Å²) in [5.41, 5.74) is 1.94. The quantitative estimate of drug-likeness (QED) is 0.855. The standard InChI is InChI=1S/C15H19ClN4/c1-10(2)14-19-13(16)11(3)15(20-14)18-9-7-12-6-4-5-8-17-12/h4-6,8,10H,7,9H2,1-3H3,(H,18,19,20). The Balaban J connectivity index is 2.05. The first-order valence-corrected chi connectivity index (χ1v) is 7.13. The molecular weight excluding hydrogens is 272 g/mol. The van der Waals surface area contributed by atoms with Gasteiger partial charge >= 0.3 is 0 Å². The molecule has 2 rings (SSSR count). The molecule has 0 fully saturated rings. The molecule has 0 aromatic carbocycles. The third-order valence-corrected chi connectivity index (χ3v) is 3.39. The van der Waals surface area contributed by atoms with Crippen molar-refractivity contribution in [3.05, 3.63) is 46.6 Å². The van der Waals surface area contributed by atoms with E-state index in [1.807, 2.05) is 25.1 Å². The number of anilines is 1. The van der Waals surface area contributed by atoms with Gasteiger partial charge < -0.3 is 5.32 Å². The topological polar surface area (TPSA) is 50.7 Å². The number of nitrogens with zero attached hydrogens (tertiary/aromatic N) is 3. The lowest BCUT2D eigenvalue weighted by Crippen LogP contribution is -2.11. The van der Waals surface area contributed by atoms with E-state index in [4.69, 9.17) is 11.6 Å². The van der Waals surface area contributed by atoms with Gasteiger partial charge in [0.25, 0.3) is 0 Å². The SMILES string of the molecule is Cc1c(Cl)nc(C(C)C)nc1NCCc1ccccn1. The minimum absolute atomic E-state index is 0.254. The van der Waals surface area contributed by atoms with E-state index < -0.39 is 0 Å². The molecule has 2 heterocycles. The van der Waals surface area contributed by atoms with Gasteiger partial charge in [-0.2, -0.15) is 0 Å². The fourth-order valence-electron chi connectivity index (χ4n) is 1.79. The van der Waals surface area contributed by atoms with Crippen LogP contribution in [0.2, 0.25) is 5.15 Å². The van der Waals surface area contributed by atoms with E-state index in [-0.39, 0.29) is 5.92 Å². The van der Waals surface area contributed by atoms with Crippen molar-refractivity contribution < 1.29 is 0 Å². The average molecular weight is 291 g/mol. The van der Waals surface area contributed by atoms with Crippen molar-refractivity contribution in [1.82, 2.24) is 15.0 Å². The van der Waals surface area contributed by atoms with Crippen LogP contribution in [0.5, 0.6) is 0 Å². The normalized spacial score (nSPS) is 10.8. The Morgan fingerprint density at radius 2 is 2.05 bits per heavy atom. The fraction of sp³-hybridized carbons (Fsp3) is 0.400. The summed E-state index contributed by atoms with van der Waals surface area (Å²) in [7, 11) is 0. The first kappa shape index (κ1) is 14.7. The number of hydrogen-bond donors (Lipinski definition) is 1. The van der Waals surface area contributed by atoms with Crippen LogP contribution in [-0.2, 0) is 6.42 Å². The molecule has 0 radical (unpaired) electrons. The van der Waals surface area contributed by atoms with Crippen molar-refractivity contribution in [1.29, 1.82) is 0 Å². The van der Waals surface area contributed by atoms with E-state index in [2.05, 4.69) is 34.1 Å². The third kappa shape index (κ3) is 3.67. The number of hydrogen-bond acceptors (Lipinski definition) is 4. The maximum Gasteiger partial charge on any atom is 0.137 e. The Kier molecular flexibility index (Phi) is 4.90. The van der Waals surface area contributed by atoms with Gasteiger partial charge in [0.2, 0.25) is 0 Å². The van der Waals surface area contributed by atoms with Gasteiger partial charge in [0.1, 0.15) is 16.8 Å². The summed E-state index contributed by atoms with van der Waals surface area (Å²) in [5, 5.41) is 3.84. The molecule has 0 spiro atoms. The first-order chi connectivity index (χ1) is 9.58. The second-order valence-corrected chi connectivity index (χ2v) is 5.36. The van der Waals surface area contributed by atoms with Gasteiger partial charge in [-0.15, -0.1) is 0 Å². The lowest BCUT2D eigenvalue weighted by molar-refractivity contribution is 0.771. The molecule has 0 atom stereocenters. The molecular formula is C15H19ClN4. The summed E-state index contributed by atoms with van der Waals surface area (Å²) >= 11 is 6.16. The van der Waals surface area contributed by atoms with E-state index in [0.29, 0.717) is 5.15 Å². The van der Waals surface area contributed by atoms with Crippen LogP contribution in [0.1, 0.15) is 36.8 Å². The number of pyridine rings is 1. The van der Waals surface area contributed by atoms with Crippen LogP contribution in [0.15, 0.2) is 24.4 Å². The zero-order valence-electron chi connectivity index (χ0n) is 12.0. The van der Waals surface area contributed by atoms with Crippen LogP contribution in [0.25, 0.3) is 0 Å². The summed E-state index contributed by atoms with van der Waals surface area (Å²) in [6, 6.07) is 5.92. The number of aromatic nitrogens is 3. The van der Waals surface area contributed by atoms with Crippen LogP contribution in [0.3, 0.4) is 0 Å². The molecule has 0 saturated heterocycles. The summed E-state index contributed by atoms with van der Waals surface area (Å²) in [6.07, 6.45) is 2.65. The third-order valence-electron chi connectivity index (χ3n) is 3.02. The number of rotatable bonds is 5. The Labute approximate surface area is 124 Å². The molecule has 2 aromatic heterocycles. The largest absolute Gasteiger partial charge is 0.369 e. The van der Waals surface area contributed by atoms with Gasteiger partial charge in [-0.25, -0.2) is 9.97 Å². The highest BCUT2D eigenvalue weighted by Gasteiger charge is 2.11. The molecule has 0 saturated carbocycles. The van der Waals surface area contributed by atoms with Crippen LogP contribution < -0.4 is 5.32 Å². The Bertz CT molecular complexity index is 570. The molecule has 2 aromatic rings. The van der Waals surface area contributed by atoms with Crippen LogP contribution in [-0.4, -0.2) is 21.5 Å². The van der Waals surface area contributed by atoms with E-state index in [9.17, 15) is 0 Å². The average Bonchev–Trinajstić information content (AvgIpc) is 2.44. The van der Waals surface area contributed by atoms with E-state index in [0.717, 1.165) is 35.9 Å². The highest BCUT2D eigenvalue weighted by atomic mass is 35.5. The van der Waals surface area contributed by atoms with Gasteiger partial charge in [-0.1, -0.05) is 31.5 Å². The monoisotopic (exact) mass is 290 g/mol. The molecule has 5 heteroatoms. The van der Waals surface area contributed by atoms with Crippen LogP contribution in [0, 0.1) is 6.92 Å². The summed E-state index contributed by atoms with van der Waals surface area (Å²) < 4.78 is 0. The predicted octanol–water partition coefficient (Wildman–Crippen LogP) is 3.61. The van der Waals surface area contributed by atoms with E-state index in [1.165, 1.54) is 0 Å². The summed E-state index contributed by atoms with van der Waals surface area (Å²) in [5.74, 6) is 1.83. The van der Waals surface area contributed by atoms with Crippen molar-refractivity contribution >= 4 is 17.4 Å². The molecule has 1 N–H and O–H groups in total. The lowest BCUT2D eigenvalue weighted by Gasteiger charge is -2.12. The highest BCUT2D eigenvalue weighted by Crippen LogP contribution is 2.22. The molecule has 0 aliphatic carbocycles. The predicted molar refractivity (Wildman–Crippen MR) is 82.3 cm³/mol. The number of halogens is 1. The summed E-state index contributed by atoms with van der Waals surface area (Å²) in [4.78, 5) is 13.1. The molecule has 106 valence electrons. The van der Waals surface area contributed by atoms with Gasteiger partial charge in [-0.05, 0) is 19.1 Å². The van der Waals surface area contributed by atoms with Crippen LogP contribution in [0.4, 0.5) is 5.82 Å². The maximum absolute atomic E-state index is 6.16. The second-order valence-electron chi connectivity index (χ2n) is 5.00. The van der Waals surface area contributed by atoms with Gasteiger partial charge in [-0.3, -0.25) is 4.98 Å². The summed E-state index contributed by atoms with van der Waals surface area (Å²) in [6.45, 7) is 6.80. The minimum Gasteiger partial charge on any atom is -0.369 e. The molecule has 0 unspecified atom stereocenters. The zero-order chi connectivity index (χ0) is 14.5. The number of nitrogens with one attached hydrogen (secondary N) is 1. The second kappa shape index (κ2) is 6.66. The smallest absolute Gasteiger partial charge is 0.137 e. The van der Waals surface area contributed by atoms with E-state index >= 15 is 0 Å². The molecule has 4 nitrogen and oxygen atoms in total. The Morgan fingerprint density at radius 3 is 2.70 bits per heavy atom. The Hall–Kier alpha value is -1.68. The van der Waals surface area contributed by atoms with Crippen molar-refractivity contribution in [2.75, 3.05) is 11.9 Å².